The molecule has 4 N–H and O–H groups in total. The molecular formula is C33H39N3O10. The average Bonchev–Trinajstić information content (AvgIpc) is 3.43. The average molecular weight is 638 g/mol. The zero-order valence-electron chi connectivity index (χ0n) is 26.4. The molecule has 1 heterocycles. The Morgan fingerprint density at radius 1 is 0.913 bits per heavy atom. The van der Waals surface area contributed by atoms with E-state index >= 15 is 0 Å². The summed E-state index contributed by atoms with van der Waals surface area (Å²) in [5.74, 6) is -6.29. The third-order valence-electron chi connectivity index (χ3n) is 7.41. The van der Waals surface area contributed by atoms with Gasteiger partial charge in [0.2, 0.25) is 17.6 Å². The minimum absolute atomic E-state index is 0.0591. The molecule has 46 heavy (non-hydrogen) atoms. The van der Waals surface area contributed by atoms with Gasteiger partial charge >= 0.3 is 5.97 Å². The number of phenols is 1. The van der Waals surface area contributed by atoms with Crippen molar-refractivity contribution in [1.82, 2.24) is 15.6 Å². The Bertz CT molecular complexity index is 1590. The molecule has 0 radical (unpaired) electrons. The number of ketones is 3. The van der Waals surface area contributed by atoms with Crippen molar-refractivity contribution in [3.63, 3.8) is 0 Å². The number of benzene rings is 2. The summed E-state index contributed by atoms with van der Waals surface area (Å²) < 4.78 is 10.7. The van der Waals surface area contributed by atoms with E-state index < -0.39 is 65.6 Å². The van der Waals surface area contributed by atoms with E-state index in [9.17, 15) is 39.0 Å². The second kappa shape index (κ2) is 15.8. The van der Waals surface area contributed by atoms with E-state index in [0.29, 0.717) is 5.75 Å². The summed E-state index contributed by atoms with van der Waals surface area (Å²) in [6.45, 7) is 6.27. The van der Waals surface area contributed by atoms with E-state index in [0.717, 1.165) is 5.56 Å². The number of ether oxygens (including phenoxy) is 1. The monoisotopic (exact) mass is 637 g/mol. The number of nitrogens with zero attached hydrogens (tertiary/aromatic N) is 1. The SMILES string of the molecule is COc1cccc2oc(C(=O)[C@H](CC(=O)O)NC(=O)[C@H](C)CC(=O)[C@@H](NC(=O)[C@@H](CC(C)=O)Cc3ccc(O)cc3)C(C)C)nc12. The number of carboxylic acids is 1. The summed E-state index contributed by atoms with van der Waals surface area (Å²) in [6, 6.07) is 8.52. The Balaban J connectivity index is 1.71. The predicted octanol–water partition coefficient (Wildman–Crippen LogP) is 3.26. The number of oxazole rings is 1. The molecule has 0 saturated heterocycles. The molecular weight excluding hydrogens is 598 g/mol. The highest BCUT2D eigenvalue weighted by molar-refractivity contribution is 6.02. The van der Waals surface area contributed by atoms with Crippen molar-refractivity contribution in [3.8, 4) is 11.5 Å². The maximum atomic E-state index is 13.4. The van der Waals surface area contributed by atoms with Crippen LogP contribution in [0.3, 0.4) is 0 Å². The number of nitrogens with one attached hydrogen (secondary N) is 2. The molecule has 0 bridgehead atoms. The fourth-order valence-corrected chi connectivity index (χ4v) is 4.97. The molecule has 0 fully saturated rings. The molecule has 4 atom stereocenters. The number of para-hydroxylation sites is 1. The zero-order chi connectivity index (χ0) is 34.1. The van der Waals surface area contributed by atoms with Crippen LogP contribution in [0.15, 0.2) is 46.9 Å². The summed E-state index contributed by atoms with van der Waals surface area (Å²) in [5, 5.41) is 24.1. The number of aliphatic carboxylic acids is 1. The number of rotatable bonds is 17. The highest BCUT2D eigenvalue weighted by atomic mass is 16.5. The Kier molecular flexibility index (Phi) is 12.1. The number of fused-ring (bicyclic) bond motifs is 1. The first-order chi connectivity index (χ1) is 21.7. The lowest BCUT2D eigenvalue weighted by atomic mass is 9.90. The first kappa shape index (κ1) is 35.4. The van der Waals surface area contributed by atoms with Crippen molar-refractivity contribution in [2.24, 2.45) is 17.8 Å². The normalized spacial score (nSPS) is 13.8. The minimum atomic E-state index is -1.53. The number of aromatic hydroxyl groups is 1. The maximum Gasteiger partial charge on any atom is 0.305 e. The van der Waals surface area contributed by atoms with Gasteiger partial charge in [-0.2, -0.15) is 0 Å². The summed E-state index contributed by atoms with van der Waals surface area (Å²) in [5.41, 5.74) is 1.21. The van der Waals surface area contributed by atoms with E-state index in [1.165, 1.54) is 33.1 Å². The van der Waals surface area contributed by atoms with Crippen molar-refractivity contribution < 1.29 is 48.1 Å². The third kappa shape index (κ3) is 9.46. The number of carbonyl (C=O) groups excluding carboxylic acids is 5. The van der Waals surface area contributed by atoms with Crippen LogP contribution in [-0.4, -0.2) is 69.5 Å². The summed E-state index contributed by atoms with van der Waals surface area (Å²) in [7, 11) is 1.42. The summed E-state index contributed by atoms with van der Waals surface area (Å²) in [4.78, 5) is 80.6. The van der Waals surface area contributed by atoms with Gasteiger partial charge in [0.1, 0.15) is 23.3 Å². The van der Waals surface area contributed by atoms with Crippen LogP contribution in [0, 0.1) is 17.8 Å². The molecule has 13 heteroatoms. The number of Topliss-reactive ketones (excluding diaryl/α,β-unsaturated/α-hetero) is 3. The number of aromatic nitrogens is 1. The molecule has 3 aromatic rings. The first-order valence-corrected chi connectivity index (χ1v) is 14.8. The topological polar surface area (TPSA) is 202 Å². The Hall–Kier alpha value is -5.07. The molecule has 0 unspecified atom stereocenters. The highest BCUT2D eigenvalue weighted by Gasteiger charge is 2.33. The fraction of sp³-hybridized carbons (Fsp3) is 0.424. The van der Waals surface area contributed by atoms with Gasteiger partial charge in [-0.05, 0) is 49.1 Å². The van der Waals surface area contributed by atoms with Gasteiger partial charge in [0.15, 0.2) is 16.9 Å². The van der Waals surface area contributed by atoms with Gasteiger partial charge in [0, 0.05) is 24.7 Å². The van der Waals surface area contributed by atoms with E-state index in [4.69, 9.17) is 9.15 Å². The van der Waals surface area contributed by atoms with Crippen LogP contribution in [0.25, 0.3) is 11.1 Å². The van der Waals surface area contributed by atoms with E-state index in [-0.39, 0.29) is 47.8 Å². The molecule has 1 aromatic heterocycles. The Morgan fingerprint density at radius 3 is 2.17 bits per heavy atom. The summed E-state index contributed by atoms with van der Waals surface area (Å²) in [6.07, 6.45) is -0.936. The van der Waals surface area contributed by atoms with Gasteiger partial charge in [-0.15, -0.1) is 0 Å². The van der Waals surface area contributed by atoms with Crippen LogP contribution < -0.4 is 15.4 Å². The predicted molar refractivity (Wildman–Crippen MR) is 165 cm³/mol. The van der Waals surface area contributed by atoms with Gasteiger partial charge in [-0.25, -0.2) is 4.98 Å². The van der Waals surface area contributed by atoms with Crippen LogP contribution in [0.4, 0.5) is 0 Å². The molecule has 2 amide bonds. The van der Waals surface area contributed by atoms with E-state index in [1.807, 2.05) is 0 Å². The molecule has 0 aliphatic rings. The molecule has 0 aliphatic heterocycles. The molecule has 0 spiro atoms. The van der Waals surface area contributed by atoms with Gasteiger partial charge in [-0.1, -0.05) is 39.0 Å². The Labute approximate surface area is 265 Å². The third-order valence-corrected chi connectivity index (χ3v) is 7.41. The minimum Gasteiger partial charge on any atom is -0.508 e. The van der Waals surface area contributed by atoms with Crippen LogP contribution >= 0.6 is 0 Å². The van der Waals surface area contributed by atoms with E-state index in [2.05, 4.69) is 15.6 Å². The van der Waals surface area contributed by atoms with Gasteiger partial charge in [-0.3, -0.25) is 24.0 Å². The number of carboxylic acid groups (broad SMARTS) is 1. The Morgan fingerprint density at radius 2 is 1.59 bits per heavy atom. The van der Waals surface area contributed by atoms with Gasteiger partial charge in [0.05, 0.1) is 19.6 Å². The molecule has 13 nitrogen and oxygen atoms in total. The zero-order valence-corrected chi connectivity index (χ0v) is 26.4. The number of carbonyl (C=O) groups is 6. The van der Waals surface area contributed by atoms with Crippen molar-refractivity contribution in [3.05, 3.63) is 53.9 Å². The fourth-order valence-electron chi connectivity index (χ4n) is 4.97. The quantitative estimate of drug-likeness (QED) is 0.158. The largest absolute Gasteiger partial charge is 0.508 e. The lowest BCUT2D eigenvalue weighted by Crippen LogP contribution is -2.49. The standard InChI is InChI=1S/C33H39N3O10/c1-17(2)28(35-32(44)21(14-19(4)37)15-20-9-11-22(38)12-10-20)24(39)13-18(3)31(43)34-23(16-27(40)41)30(42)33-36-29-25(45-5)7-6-8-26(29)46-33/h6-12,17-18,21,23,28,38H,13-16H2,1-5H3,(H,34,43)(H,35,44)(H,40,41)/t18-,21+,23+,28+/m1/s1. The lowest BCUT2D eigenvalue weighted by Gasteiger charge is -2.25. The van der Waals surface area contributed by atoms with Gasteiger partial charge < -0.3 is 34.8 Å². The smallest absolute Gasteiger partial charge is 0.305 e. The number of phenolic OH excluding ortho intramolecular Hbond substituents is 1. The van der Waals surface area contributed by atoms with Crippen LogP contribution in [0.2, 0.25) is 0 Å². The number of hydrogen-bond acceptors (Lipinski definition) is 10. The number of methoxy groups -OCH3 is 1. The van der Waals surface area contributed by atoms with Crippen LogP contribution in [-0.2, 0) is 30.4 Å². The number of amides is 2. The van der Waals surface area contributed by atoms with Crippen molar-refractivity contribution in [2.75, 3.05) is 7.11 Å². The highest BCUT2D eigenvalue weighted by Crippen LogP contribution is 2.26. The first-order valence-electron chi connectivity index (χ1n) is 14.8. The molecule has 246 valence electrons. The van der Waals surface area contributed by atoms with Crippen molar-refractivity contribution in [2.45, 2.75) is 65.5 Å². The molecule has 0 aliphatic carbocycles. The summed E-state index contributed by atoms with van der Waals surface area (Å²) >= 11 is 0. The van der Waals surface area contributed by atoms with Crippen LogP contribution in [0.5, 0.6) is 11.5 Å². The maximum absolute atomic E-state index is 13.4. The molecule has 3 rings (SSSR count). The molecule has 2 aromatic carbocycles. The second-order valence-electron chi connectivity index (χ2n) is 11.6. The number of hydrogen-bond donors (Lipinski definition) is 4. The van der Waals surface area contributed by atoms with Crippen molar-refractivity contribution in [1.29, 1.82) is 0 Å². The molecule has 0 saturated carbocycles. The van der Waals surface area contributed by atoms with Gasteiger partial charge in [0.25, 0.3) is 5.89 Å². The van der Waals surface area contributed by atoms with Crippen molar-refractivity contribution >= 4 is 46.2 Å². The lowest BCUT2D eigenvalue weighted by molar-refractivity contribution is -0.138. The van der Waals surface area contributed by atoms with Crippen LogP contribution in [0.1, 0.15) is 63.2 Å². The van der Waals surface area contributed by atoms with E-state index in [1.54, 1.807) is 44.2 Å². The second-order valence-corrected chi connectivity index (χ2v) is 11.6.